The van der Waals surface area contributed by atoms with Gasteiger partial charge >= 0.3 is 26.2 Å². The molecule has 480 valence electrons. The third kappa shape index (κ3) is 14.7. The van der Waals surface area contributed by atoms with Gasteiger partial charge < -0.3 is 0 Å². The standard InChI is InChI=1S/4C24H20B.Zr/c4*1-5-13-21(14-6-1)25(22-15-7-2-8-16-22,23-17-9-3-10-18-23)24-19-11-4-12-20-24;/h4*1-20H;/q4*-1;+4. The average Bonchev–Trinajstić information content (AvgIpc) is 0.765. The molecular formula is C96H80B4Zr. The van der Waals surface area contributed by atoms with Gasteiger partial charge in [0.1, 0.15) is 24.6 Å². The molecule has 0 radical (unpaired) electrons. The molecule has 0 unspecified atom stereocenters. The zero-order valence-electron chi connectivity index (χ0n) is 57.0. The molecule has 0 saturated heterocycles. The predicted octanol–water partition coefficient (Wildman–Crippen LogP) is 12.3. The monoisotopic (exact) mass is 1370 g/mol. The Morgan fingerprint density at radius 3 is 0.178 bits per heavy atom. The van der Waals surface area contributed by atoms with Gasteiger partial charge in [-0.15, -0.1) is 0 Å². The molecule has 0 saturated carbocycles. The van der Waals surface area contributed by atoms with Gasteiger partial charge in [-0.2, -0.15) is 87.4 Å². The van der Waals surface area contributed by atoms with Crippen LogP contribution in [0.15, 0.2) is 485 Å². The summed E-state index contributed by atoms with van der Waals surface area (Å²) in [5.74, 6) is 0. The molecule has 0 aliphatic rings. The minimum absolute atomic E-state index is 0. The molecule has 0 fully saturated rings. The summed E-state index contributed by atoms with van der Waals surface area (Å²) in [5.41, 5.74) is 21.4. The molecule has 0 spiro atoms. The van der Waals surface area contributed by atoms with Gasteiger partial charge in [-0.1, -0.05) is 485 Å². The Morgan fingerprint density at radius 2 is 0.129 bits per heavy atom. The molecule has 16 aromatic rings. The summed E-state index contributed by atoms with van der Waals surface area (Å²) in [6.07, 6.45) is -4.86. The van der Waals surface area contributed by atoms with Crippen molar-refractivity contribution in [3.63, 3.8) is 0 Å². The fourth-order valence-corrected chi connectivity index (χ4v) is 16.5. The number of hydrogen-bond acceptors (Lipinski definition) is 0. The van der Waals surface area contributed by atoms with Crippen molar-refractivity contribution < 1.29 is 26.2 Å². The second-order valence-corrected chi connectivity index (χ2v) is 26.0. The first kappa shape index (κ1) is 69.6. The Kier molecular flexibility index (Phi) is 23.7. The van der Waals surface area contributed by atoms with Crippen molar-refractivity contribution in [2.45, 2.75) is 0 Å². The van der Waals surface area contributed by atoms with Crippen LogP contribution in [0.5, 0.6) is 0 Å². The molecule has 0 aromatic heterocycles. The van der Waals surface area contributed by atoms with E-state index in [1.165, 1.54) is 87.4 Å². The van der Waals surface area contributed by atoms with Crippen molar-refractivity contribution in [3.8, 4) is 0 Å². The van der Waals surface area contributed by atoms with Crippen LogP contribution in [0.1, 0.15) is 0 Å². The van der Waals surface area contributed by atoms with Crippen LogP contribution in [0.3, 0.4) is 0 Å². The van der Waals surface area contributed by atoms with Crippen molar-refractivity contribution in [3.05, 3.63) is 485 Å². The topological polar surface area (TPSA) is 0 Å². The minimum atomic E-state index is -1.22. The van der Waals surface area contributed by atoms with Gasteiger partial charge in [0.2, 0.25) is 0 Å². The van der Waals surface area contributed by atoms with Gasteiger partial charge in [0.05, 0.1) is 0 Å². The Bertz CT molecular complexity index is 3670. The fraction of sp³-hybridized carbons (Fsp3) is 0. The zero-order valence-corrected chi connectivity index (χ0v) is 59.5. The molecule has 101 heavy (non-hydrogen) atoms. The Hall–Kier alpha value is -11.3. The van der Waals surface area contributed by atoms with E-state index in [4.69, 9.17) is 0 Å². The first-order valence-electron chi connectivity index (χ1n) is 35.2. The maximum atomic E-state index is 2.26. The number of hydrogen-bond donors (Lipinski definition) is 0. The van der Waals surface area contributed by atoms with Crippen LogP contribution in [0.2, 0.25) is 0 Å². The normalized spacial score (nSPS) is 11.1. The molecule has 0 amide bonds. The van der Waals surface area contributed by atoms with E-state index in [9.17, 15) is 0 Å². The maximum Gasteiger partial charge on any atom is 4.00 e. The number of rotatable bonds is 16. The van der Waals surface area contributed by atoms with Crippen LogP contribution in [0.4, 0.5) is 0 Å². The van der Waals surface area contributed by atoms with E-state index < -0.39 is 24.6 Å². The van der Waals surface area contributed by atoms with Gasteiger partial charge in [-0.25, -0.2) is 0 Å². The predicted molar refractivity (Wildman–Crippen MR) is 440 cm³/mol. The molecule has 16 aromatic carbocycles. The molecule has 0 N–H and O–H groups in total. The third-order valence-corrected chi connectivity index (χ3v) is 20.8. The van der Waals surface area contributed by atoms with Gasteiger partial charge in [0.15, 0.2) is 0 Å². The summed E-state index contributed by atoms with van der Waals surface area (Å²) in [5, 5.41) is 0. The van der Waals surface area contributed by atoms with Crippen LogP contribution in [0.25, 0.3) is 0 Å². The smallest absolute Gasteiger partial charge is 0.195 e. The molecule has 0 nitrogen and oxygen atoms in total. The van der Waals surface area contributed by atoms with E-state index in [0.717, 1.165) is 0 Å². The largest absolute Gasteiger partial charge is 4.00 e. The van der Waals surface area contributed by atoms with Crippen LogP contribution in [-0.4, -0.2) is 24.6 Å². The summed E-state index contributed by atoms with van der Waals surface area (Å²) in [6.45, 7) is 0. The van der Waals surface area contributed by atoms with Crippen LogP contribution >= 0.6 is 0 Å². The quantitative estimate of drug-likeness (QED) is 0.0846. The van der Waals surface area contributed by atoms with Crippen LogP contribution < -0.4 is 87.4 Å². The second kappa shape index (κ2) is 34.4. The molecule has 0 aliphatic heterocycles. The van der Waals surface area contributed by atoms with Crippen molar-refractivity contribution in [1.29, 1.82) is 0 Å². The Morgan fingerprint density at radius 1 is 0.0792 bits per heavy atom. The summed E-state index contributed by atoms with van der Waals surface area (Å²) in [7, 11) is 0. The van der Waals surface area contributed by atoms with Crippen molar-refractivity contribution in [1.82, 2.24) is 0 Å². The Labute approximate surface area is 618 Å². The average molecular weight is 1370 g/mol. The van der Waals surface area contributed by atoms with Gasteiger partial charge in [-0.3, -0.25) is 0 Å². The molecule has 0 atom stereocenters. The summed E-state index contributed by atoms with van der Waals surface area (Å²) in [4.78, 5) is 0. The number of benzene rings is 16. The van der Waals surface area contributed by atoms with Crippen molar-refractivity contribution >= 4 is 112 Å². The summed E-state index contributed by atoms with van der Waals surface area (Å²) in [6, 6.07) is 174. The van der Waals surface area contributed by atoms with Crippen molar-refractivity contribution in [2.24, 2.45) is 0 Å². The molecule has 5 heteroatoms. The van der Waals surface area contributed by atoms with E-state index in [0.29, 0.717) is 0 Å². The summed E-state index contributed by atoms with van der Waals surface area (Å²) >= 11 is 0. The molecule has 0 aliphatic carbocycles. The third-order valence-electron chi connectivity index (χ3n) is 20.8. The zero-order chi connectivity index (χ0) is 67.8. The van der Waals surface area contributed by atoms with E-state index in [1.54, 1.807) is 0 Å². The van der Waals surface area contributed by atoms with Gasteiger partial charge in [0.25, 0.3) is 0 Å². The maximum absolute atomic E-state index is 2.26. The van der Waals surface area contributed by atoms with E-state index in [1.807, 2.05) is 0 Å². The van der Waals surface area contributed by atoms with Crippen molar-refractivity contribution in [2.75, 3.05) is 0 Å². The summed E-state index contributed by atoms with van der Waals surface area (Å²) < 4.78 is 0. The molecule has 0 bridgehead atoms. The van der Waals surface area contributed by atoms with Gasteiger partial charge in [0, 0.05) is 0 Å². The van der Waals surface area contributed by atoms with Crippen LogP contribution in [0, 0.1) is 0 Å². The van der Waals surface area contributed by atoms with E-state index in [-0.39, 0.29) is 26.2 Å². The van der Waals surface area contributed by atoms with E-state index in [2.05, 4.69) is 485 Å². The minimum Gasteiger partial charge on any atom is -0.195 e. The Balaban J connectivity index is 0.000000127. The molecular weight excluding hydrogens is 1290 g/mol. The molecule has 16 rings (SSSR count). The SMILES string of the molecule is [Zr+4].c1ccc([B-](c2ccccc2)(c2ccccc2)c2ccccc2)cc1.c1ccc([B-](c2ccccc2)(c2ccccc2)c2ccccc2)cc1.c1ccc([B-](c2ccccc2)(c2ccccc2)c2ccccc2)cc1.c1ccc([B-](c2ccccc2)(c2ccccc2)c2ccccc2)cc1. The van der Waals surface area contributed by atoms with Gasteiger partial charge in [-0.05, 0) is 0 Å². The second-order valence-electron chi connectivity index (χ2n) is 26.0. The first-order valence-corrected chi connectivity index (χ1v) is 35.2. The first-order chi connectivity index (χ1) is 49.7. The molecule has 0 heterocycles. The fourth-order valence-electron chi connectivity index (χ4n) is 16.5. The van der Waals surface area contributed by atoms with Crippen LogP contribution in [-0.2, 0) is 26.2 Å². The van der Waals surface area contributed by atoms with E-state index >= 15 is 0 Å².